The van der Waals surface area contributed by atoms with Crippen LogP contribution in [0.3, 0.4) is 0 Å². The van der Waals surface area contributed by atoms with Crippen LogP contribution in [0.25, 0.3) is 0 Å². The summed E-state index contributed by atoms with van der Waals surface area (Å²) in [5.41, 5.74) is 0. The zero-order valence-corrected chi connectivity index (χ0v) is 9.83. The van der Waals surface area contributed by atoms with Gasteiger partial charge in [-0.1, -0.05) is 0 Å². The summed E-state index contributed by atoms with van der Waals surface area (Å²) in [5.74, 6) is 0.609. The van der Waals surface area contributed by atoms with E-state index in [0.717, 1.165) is 45.9 Å². The van der Waals surface area contributed by atoms with Gasteiger partial charge < -0.3 is 19.5 Å². The largest absolute Gasteiger partial charge is 0.385 e. The molecule has 90 valence electrons. The zero-order valence-electron chi connectivity index (χ0n) is 9.83. The Morgan fingerprint density at radius 3 is 2.93 bits per heavy atom. The van der Waals surface area contributed by atoms with Crippen LogP contribution in [0.2, 0.25) is 0 Å². The molecule has 4 nitrogen and oxygen atoms in total. The van der Waals surface area contributed by atoms with Crippen LogP contribution in [-0.2, 0) is 14.2 Å². The summed E-state index contributed by atoms with van der Waals surface area (Å²) >= 11 is 0. The first kappa shape index (κ1) is 12.9. The predicted octanol–water partition coefficient (Wildman–Crippen LogP) is 0.664. The van der Waals surface area contributed by atoms with Crippen molar-refractivity contribution in [3.63, 3.8) is 0 Å². The fourth-order valence-corrected chi connectivity index (χ4v) is 1.84. The molecule has 0 radical (unpaired) electrons. The minimum atomic E-state index is 0.426. The van der Waals surface area contributed by atoms with E-state index in [0.29, 0.717) is 12.0 Å². The van der Waals surface area contributed by atoms with Crippen molar-refractivity contribution in [3.8, 4) is 0 Å². The van der Waals surface area contributed by atoms with E-state index in [1.54, 1.807) is 7.11 Å². The minimum absolute atomic E-state index is 0.426. The Bertz CT molecular complexity index is 149. The second-order valence-electron chi connectivity index (χ2n) is 3.94. The third-order valence-corrected chi connectivity index (χ3v) is 2.84. The van der Waals surface area contributed by atoms with Gasteiger partial charge >= 0.3 is 0 Å². The fourth-order valence-electron chi connectivity index (χ4n) is 1.84. The highest BCUT2D eigenvalue weighted by molar-refractivity contribution is 4.77. The van der Waals surface area contributed by atoms with Gasteiger partial charge in [0, 0.05) is 38.9 Å². The molecule has 1 heterocycles. The van der Waals surface area contributed by atoms with Gasteiger partial charge in [-0.25, -0.2) is 0 Å². The lowest BCUT2D eigenvalue weighted by molar-refractivity contribution is 0.0731. The molecule has 0 spiro atoms. The molecule has 0 aromatic carbocycles. The maximum atomic E-state index is 5.60. The van der Waals surface area contributed by atoms with E-state index >= 15 is 0 Å². The standard InChI is InChI=1S/C11H23NO3/c1-12-11(10-4-7-15-8-10)9-14-6-3-5-13-2/h10-12H,3-9H2,1-2H3. The highest BCUT2D eigenvalue weighted by atomic mass is 16.5. The van der Waals surface area contributed by atoms with E-state index in [2.05, 4.69) is 5.32 Å². The van der Waals surface area contributed by atoms with Crippen molar-refractivity contribution in [1.29, 1.82) is 0 Å². The van der Waals surface area contributed by atoms with Crippen molar-refractivity contribution in [2.45, 2.75) is 18.9 Å². The van der Waals surface area contributed by atoms with Gasteiger partial charge in [0.2, 0.25) is 0 Å². The van der Waals surface area contributed by atoms with Crippen LogP contribution in [0.1, 0.15) is 12.8 Å². The molecular formula is C11H23NO3. The average Bonchev–Trinajstić information content (AvgIpc) is 2.77. The fraction of sp³-hybridized carbons (Fsp3) is 1.00. The van der Waals surface area contributed by atoms with Gasteiger partial charge in [0.15, 0.2) is 0 Å². The summed E-state index contributed by atoms with van der Waals surface area (Å²) in [7, 11) is 3.70. The maximum Gasteiger partial charge on any atom is 0.0623 e. The summed E-state index contributed by atoms with van der Waals surface area (Å²) in [6.45, 7) is 4.09. The van der Waals surface area contributed by atoms with Gasteiger partial charge in [0.1, 0.15) is 0 Å². The SMILES string of the molecule is CNC(COCCCOC)C1CCOC1. The third kappa shape index (κ3) is 4.93. The first-order chi connectivity index (χ1) is 7.38. The highest BCUT2D eigenvalue weighted by Gasteiger charge is 2.24. The molecule has 0 aliphatic carbocycles. The lowest BCUT2D eigenvalue weighted by Crippen LogP contribution is -2.38. The molecule has 0 aromatic heterocycles. The van der Waals surface area contributed by atoms with Crippen molar-refractivity contribution < 1.29 is 14.2 Å². The van der Waals surface area contributed by atoms with Crippen LogP contribution in [0, 0.1) is 5.92 Å². The smallest absolute Gasteiger partial charge is 0.0623 e. The Morgan fingerprint density at radius 1 is 1.47 bits per heavy atom. The Morgan fingerprint density at radius 2 is 2.33 bits per heavy atom. The van der Waals surface area contributed by atoms with Gasteiger partial charge in [-0.2, -0.15) is 0 Å². The van der Waals surface area contributed by atoms with E-state index < -0.39 is 0 Å². The van der Waals surface area contributed by atoms with E-state index in [9.17, 15) is 0 Å². The Kier molecular flexibility index (Phi) is 6.92. The molecule has 1 aliphatic heterocycles. The summed E-state index contributed by atoms with van der Waals surface area (Å²) in [6.07, 6.45) is 2.11. The lowest BCUT2D eigenvalue weighted by atomic mass is 10.0. The summed E-state index contributed by atoms with van der Waals surface area (Å²) < 4.78 is 15.9. The Labute approximate surface area is 92.3 Å². The molecule has 2 unspecified atom stereocenters. The molecule has 1 aliphatic rings. The molecule has 0 saturated carbocycles. The minimum Gasteiger partial charge on any atom is -0.385 e. The lowest BCUT2D eigenvalue weighted by Gasteiger charge is -2.21. The maximum absolute atomic E-state index is 5.60. The molecule has 0 aromatic rings. The van der Waals surface area contributed by atoms with Gasteiger partial charge in [0.25, 0.3) is 0 Å². The molecule has 0 bridgehead atoms. The van der Waals surface area contributed by atoms with E-state index in [4.69, 9.17) is 14.2 Å². The van der Waals surface area contributed by atoms with Crippen LogP contribution >= 0.6 is 0 Å². The van der Waals surface area contributed by atoms with Crippen LogP contribution in [0.15, 0.2) is 0 Å². The van der Waals surface area contributed by atoms with Crippen molar-refractivity contribution >= 4 is 0 Å². The van der Waals surface area contributed by atoms with Crippen molar-refractivity contribution in [1.82, 2.24) is 5.32 Å². The average molecular weight is 217 g/mol. The highest BCUT2D eigenvalue weighted by Crippen LogP contribution is 2.16. The molecule has 0 amide bonds. The zero-order chi connectivity index (χ0) is 10.9. The van der Waals surface area contributed by atoms with Gasteiger partial charge in [-0.15, -0.1) is 0 Å². The number of ether oxygens (including phenoxy) is 3. The number of hydrogen-bond acceptors (Lipinski definition) is 4. The first-order valence-electron chi connectivity index (χ1n) is 5.70. The molecule has 15 heavy (non-hydrogen) atoms. The molecular weight excluding hydrogens is 194 g/mol. The number of rotatable bonds is 8. The van der Waals surface area contributed by atoms with Gasteiger partial charge in [0.05, 0.1) is 13.2 Å². The quantitative estimate of drug-likeness (QED) is 0.606. The molecule has 1 rings (SSSR count). The summed E-state index contributed by atoms with van der Waals surface area (Å²) in [4.78, 5) is 0. The monoisotopic (exact) mass is 217 g/mol. The second kappa shape index (κ2) is 8.05. The topological polar surface area (TPSA) is 39.7 Å². The van der Waals surface area contributed by atoms with E-state index in [-0.39, 0.29) is 0 Å². The first-order valence-corrected chi connectivity index (χ1v) is 5.70. The molecule has 1 saturated heterocycles. The van der Waals surface area contributed by atoms with Crippen molar-refractivity contribution in [2.24, 2.45) is 5.92 Å². The predicted molar refractivity (Wildman–Crippen MR) is 59.1 cm³/mol. The van der Waals surface area contributed by atoms with Gasteiger partial charge in [-0.05, 0) is 19.9 Å². The molecule has 4 heteroatoms. The third-order valence-electron chi connectivity index (χ3n) is 2.84. The van der Waals surface area contributed by atoms with Crippen molar-refractivity contribution in [3.05, 3.63) is 0 Å². The van der Waals surface area contributed by atoms with Crippen LogP contribution in [0.4, 0.5) is 0 Å². The van der Waals surface area contributed by atoms with Crippen LogP contribution in [0.5, 0.6) is 0 Å². The number of hydrogen-bond donors (Lipinski definition) is 1. The van der Waals surface area contributed by atoms with Crippen LogP contribution < -0.4 is 5.32 Å². The number of likely N-dealkylation sites (N-methyl/N-ethyl adjacent to an activating group) is 1. The van der Waals surface area contributed by atoms with E-state index in [1.807, 2.05) is 7.05 Å². The second-order valence-corrected chi connectivity index (χ2v) is 3.94. The summed E-state index contributed by atoms with van der Waals surface area (Å²) in [6, 6.07) is 0.426. The molecule has 1 N–H and O–H groups in total. The Balaban J connectivity index is 2.05. The van der Waals surface area contributed by atoms with Crippen molar-refractivity contribution in [2.75, 3.05) is 47.2 Å². The number of methoxy groups -OCH3 is 1. The Hall–Kier alpha value is -0.160. The number of nitrogens with one attached hydrogen (secondary N) is 1. The van der Waals surface area contributed by atoms with Crippen LogP contribution in [-0.4, -0.2) is 53.2 Å². The van der Waals surface area contributed by atoms with Gasteiger partial charge in [-0.3, -0.25) is 0 Å². The molecule has 1 fully saturated rings. The normalized spacial score (nSPS) is 23.2. The summed E-state index contributed by atoms with van der Waals surface area (Å²) in [5, 5.41) is 3.30. The molecule has 2 atom stereocenters. The van der Waals surface area contributed by atoms with E-state index in [1.165, 1.54) is 0 Å².